The third kappa shape index (κ3) is 4.77. The van der Waals surface area contributed by atoms with Crippen LogP contribution in [0.2, 0.25) is 0 Å². The van der Waals surface area contributed by atoms with Gasteiger partial charge in [-0.05, 0) is 57.9 Å². The van der Waals surface area contributed by atoms with Crippen LogP contribution in [-0.2, 0) is 28.5 Å². The highest BCUT2D eigenvalue weighted by atomic mass is 16.6. The number of rotatable bonds is 6. The summed E-state index contributed by atoms with van der Waals surface area (Å²) in [6, 6.07) is 17.2. The quantitative estimate of drug-likeness (QED) is 0.259. The highest BCUT2D eigenvalue weighted by molar-refractivity contribution is 5.89. The summed E-state index contributed by atoms with van der Waals surface area (Å²) < 4.78 is 24.2. The van der Waals surface area contributed by atoms with Crippen LogP contribution in [0, 0.1) is 11.3 Å². The molecule has 10 heteroatoms. The minimum atomic E-state index is -2.27. The number of hydrogen-bond acceptors (Lipinski definition) is 10. The van der Waals surface area contributed by atoms with E-state index in [0.29, 0.717) is 0 Å². The maximum atomic E-state index is 13.5. The van der Waals surface area contributed by atoms with Crippen LogP contribution in [0.4, 0.5) is 0 Å². The summed E-state index contributed by atoms with van der Waals surface area (Å²) in [5.74, 6) is -2.98. The molecule has 230 valence electrons. The van der Waals surface area contributed by atoms with Gasteiger partial charge in [0.05, 0.1) is 22.7 Å². The number of carbonyl (C=O) groups is 3. The molecule has 1 aliphatic heterocycles. The Labute approximate surface area is 250 Å². The first-order valence-corrected chi connectivity index (χ1v) is 14.3. The molecule has 1 spiro atoms. The normalized spacial score (nSPS) is 37.8. The van der Waals surface area contributed by atoms with Crippen LogP contribution >= 0.6 is 0 Å². The Hall–Kier alpha value is -3.57. The lowest BCUT2D eigenvalue weighted by Crippen LogP contribution is -2.85. The fourth-order valence-corrected chi connectivity index (χ4v) is 7.50. The Morgan fingerprint density at radius 2 is 1.49 bits per heavy atom. The lowest BCUT2D eigenvalue weighted by Gasteiger charge is -2.66. The number of ether oxygens (including phenoxy) is 4. The highest BCUT2D eigenvalue weighted by Crippen LogP contribution is 2.68. The lowest BCUT2D eigenvalue weighted by molar-refractivity contribution is -0.368. The molecule has 1 heterocycles. The van der Waals surface area contributed by atoms with Gasteiger partial charge in [-0.15, -0.1) is 0 Å². The maximum absolute atomic E-state index is 13.5. The van der Waals surface area contributed by atoms with Gasteiger partial charge in [0.15, 0.2) is 12.2 Å². The van der Waals surface area contributed by atoms with Crippen molar-refractivity contribution in [2.24, 2.45) is 11.3 Å². The third-order valence-corrected chi connectivity index (χ3v) is 9.60. The molecule has 43 heavy (non-hydrogen) atoms. The Kier molecular flexibility index (Phi) is 7.79. The molecule has 2 aromatic rings. The van der Waals surface area contributed by atoms with Gasteiger partial charge >= 0.3 is 17.9 Å². The number of aliphatic hydroxyl groups excluding tert-OH is 2. The second kappa shape index (κ2) is 10.9. The predicted molar refractivity (Wildman–Crippen MR) is 153 cm³/mol. The van der Waals surface area contributed by atoms with Crippen LogP contribution in [-0.4, -0.2) is 80.6 Å². The van der Waals surface area contributed by atoms with Crippen molar-refractivity contribution in [1.82, 2.24) is 0 Å². The van der Waals surface area contributed by atoms with Crippen LogP contribution < -0.4 is 0 Å². The number of aliphatic hydroxyl groups is 3. The summed E-state index contributed by atoms with van der Waals surface area (Å²) >= 11 is 0. The van der Waals surface area contributed by atoms with Crippen molar-refractivity contribution in [2.75, 3.05) is 0 Å². The van der Waals surface area contributed by atoms with E-state index in [1.165, 1.54) is 25.1 Å². The SMILES string of the molecule is CC(=O)O[C@H]1[C@H](OC(=O)c2ccccc2)[C@@]2(C)[C@@H](OC(=O)C=Cc3ccccc3)C[C@@H]3[C@@H](O)[C@]2(OC3(C)C)[C@@](C)(O)[C@H]1O. The molecule has 10 nitrogen and oxygen atoms in total. The zero-order chi connectivity index (χ0) is 31.4. The van der Waals surface area contributed by atoms with E-state index in [0.717, 1.165) is 12.5 Å². The molecule has 2 saturated carbocycles. The Bertz CT molecular complexity index is 1400. The summed E-state index contributed by atoms with van der Waals surface area (Å²) in [6.07, 6.45) is -4.60. The van der Waals surface area contributed by atoms with Gasteiger partial charge < -0.3 is 34.3 Å². The molecule has 0 amide bonds. The number of hydrogen-bond donors (Lipinski definition) is 3. The fourth-order valence-electron chi connectivity index (χ4n) is 7.50. The van der Waals surface area contributed by atoms with Crippen LogP contribution in [0.1, 0.15) is 57.0 Å². The standard InChI is InChI=1S/C33H38O10/c1-19(34)40-25-27(37)32(5,39)33-26(36)22(30(2,3)43-33)18-23(41-24(35)17-16-20-12-8-6-9-13-20)31(33,4)28(25)42-29(38)21-14-10-7-11-15-21/h6-17,22-23,25-28,36-37,39H,18H2,1-5H3/t22-,23+,25-,26-,27+,28+,31-,32+,33-/m1/s1. The second-order valence-electron chi connectivity index (χ2n) is 12.5. The minimum Gasteiger partial charge on any atom is -0.458 e. The van der Waals surface area contributed by atoms with Crippen molar-refractivity contribution in [1.29, 1.82) is 0 Å². The molecule has 3 N–H and O–H groups in total. The number of fused-ring (bicyclic) bond motifs is 1. The zero-order valence-corrected chi connectivity index (χ0v) is 24.8. The van der Waals surface area contributed by atoms with Gasteiger partial charge in [-0.3, -0.25) is 4.79 Å². The Morgan fingerprint density at radius 1 is 0.884 bits per heavy atom. The first-order valence-electron chi connectivity index (χ1n) is 14.3. The van der Waals surface area contributed by atoms with Crippen molar-refractivity contribution in [3.63, 3.8) is 0 Å². The van der Waals surface area contributed by atoms with Gasteiger partial charge in [0.1, 0.15) is 23.4 Å². The van der Waals surface area contributed by atoms with Gasteiger partial charge in [-0.2, -0.15) is 0 Å². The first-order chi connectivity index (χ1) is 20.2. The van der Waals surface area contributed by atoms with Crippen molar-refractivity contribution < 1.29 is 48.7 Å². The van der Waals surface area contributed by atoms with Crippen molar-refractivity contribution in [3.8, 4) is 0 Å². The van der Waals surface area contributed by atoms with Crippen molar-refractivity contribution in [2.45, 2.75) is 88.4 Å². The Balaban J connectivity index is 1.65. The minimum absolute atomic E-state index is 0.0652. The monoisotopic (exact) mass is 594 g/mol. The molecular formula is C33H38O10. The molecule has 0 radical (unpaired) electrons. The van der Waals surface area contributed by atoms with Gasteiger partial charge in [-0.25, -0.2) is 9.59 Å². The topological polar surface area (TPSA) is 149 Å². The van der Waals surface area contributed by atoms with E-state index in [4.69, 9.17) is 18.9 Å². The molecular weight excluding hydrogens is 556 g/mol. The maximum Gasteiger partial charge on any atom is 0.338 e. The van der Waals surface area contributed by atoms with Crippen molar-refractivity contribution >= 4 is 24.0 Å². The molecule has 2 bridgehead atoms. The van der Waals surface area contributed by atoms with Crippen molar-refractivity contribution in [3.05, 3.63) is 77.9 Å². The summed E-state index contributed by atoms with van der Waals surface area (Å²) in [6.45, 7) is 7.44. The van der Waals surface area contributed by atoms with Crippen LogP contribution in [0.3, 0.4) is 0 Å². The molecule has 1 saturated heterocycles. The van der Waals surface area contributed by atoms with E-state index in [-0.39, 0.29) is 12.0 Å². The fraction of sp³-hybridized carbons (Fsp3) is 0.485. The molecule has 2 aliphatic carbocycles. The number of esters is 3. The van der Waals surface area contributed by atoms with E-state index < -0.39 is 76.6 Å². The van der Waals surface area contributed by atoms with Gasteiger partial charge in [-0.1, -0.05) is 48.5 Å². The number of carbonyl (C=O) groups excluding carboxylic acids is 3. The summed E-state index contributed by atoms with van der Waals surface area (Å²) in [7, 11) is 0. The van der Waals surface area contributed by atoms with E-state index in [1.807, 2.05) is 30.3 Å². The van der Waals surface area contributed by atoms with Crippen LogP contribution in [0.5, 0.6) is 0 Å². The summed E-state index contributed by atoms with van der Waals surface area (Å²) in [4.78, 5) is 39.1. The van der Waals surface area contributed by atoms with E-state index in [2.05, 4.69) is 0 Å². The third-order valence-electron chi connectivity index (χ3n) is 9.60. The molecule has 9 atom stereocenters. The lowest BCUT2D eigenvalue weighted by atomic mass is 9.46. The van der Waals surface area contributed by atoms with E-state index >= 15 is 0 Å². The molecule has 0 unspecified atom stereocenters. The first kappa shape index (κ1) is 30.9. The molecule has 5 rings (SSSR count). The zero-order valence-electron chi connectivity index (χ0n) is 24.8. The molecule has 3 aliphatic rings. The number of benzene rings is 2. The predicted octanol–water partition coefficient (Wildman–Crippen LogP) is 2.83. The van der Waals surface area contributed by atoms with Gasteiger partial charge in [0.2, 0.25) is 0 Å². The smallest absolute Gasteiger partial charge is 0.338 e. The largest absolute Gasteiger partial charge is 0.458 e. The van der Waals surface area contributed by atoms with Gasteiger partial charge in [0.25, 0.3) is 0 Å². The van der Waals surface area contributed by atoms with Crippen LogP contribution in [0.25, 0.3) is 6.08 Å². The summed E-state index contributed by atoms with van der Waals surface area (Å²) in [5, 5.41) is 35.6. The van der Waals surface area contributed by atoms with Crippen LogP contribution in [0.15, 0.2) is 66.7 Å². The highest BCUT2D eigenvalue weighted by Gasteiger charge is 2.85. The molecule has 0 aromatic heterocycles. The summed E-state index contributed by atoms with van der Waals surface area (Å²) in [5.41, 5.74) is -6.16. The van der Waals surface area contributed by atoms with E-state index in [9.17, 15) is 29.7 Å². The average molecular weight is 595 g/mol. The van der Waals surface area contributed by atoms with Gasteiger partial charge in [0, 0.05) is 18.9 Å². The van der Waals surface area contributed by atoms with E-state index in [1.54, 1.807) is 45.0 Å². The second-order valence-corrected chi connectivity index (χ2v) is 12.5. The average Bonchev–Trinajstić information content (AvgIpc) is 3.13. The Morgan fingerprint density at radius 3 is 2.09 bits per heavy atom. The molecule has 3 fully saturated rings. The molecule has 2 aromatic carbocycles.